The maximum atomic E-state index is 14.3. The van der Waals surface area contributed by atoms with Gasteiger partial charge in [-0.25, -0.2) is 22.8 Å². The topological polar surface area (TPSA) is 181 Å². The molecule has 1 saturated carbocycles. The summed E-state index contributed by atoms with van der Waals surface area (Å²) in [7, 11) is -4.61. The summed E-state index contributed by atoms with van der Waals surface area (Å²) in [6.45, 7) is 11.9. The lowest BCUT2D eigenvalue weighted by atomic mass is 9.72. The van der Waals surface area contributed by atoms with E-state index in [1.54, 1.807) is 23.1 Å². The molecule has 0 spiro atoms. The third-order valence-electron chi connectivity index (χ3n) is 14.2. The van der Waals surface area contributed by atoms with Crippen LogP contribution in [0.2, 0.25) is 5.02 Å². The van der Waals surface area contributed by atoms with Crippen LogP contribution in [0.25, 0.3) is 33.3 Å². The van der Waals surface area contributed by atoms with Gasteiger partial charge >= 0.3 is 5.69 Å². The first kappa shape index (κ1) is 45.9. The molecule has 0 radical (unpaired) electrons. The summed E-state index contributed by atoms with van der Waals surface area (Å²) >= 11 is 6.27. The van der Waals surface area contributed by atoms with E-state index in [1.807, 2.05) is 36.4 Å². The highest BCUT2D eigenvalue weighted by atomic mass is 35.5. The summed E-state index contributed by atoms with van der Waals surface area (Å²) in [5.41, 5.74) is 6.97. The molecule has 10 rings (SSSR count). The number of carbonyl (C=O) groups is 1. The molecule has 0 unspecified atom stereocenters. The van der Waals surface area contributed by atoms with Gasteiger partial charge < -0.3 is 19.4 Å². The number of nitrogens with zero attached hydrogens (tertiary/aromatic N) is 7. The lowest BCUT2D eigenvalue weighted by Crippen LogP contribution is -2.47. The second kappa shape index (κ2) is 18.9. The number of aromatic amines is 1. The fourth-order valence-corrected chi connectivity index (χ4v) is 11.5. The number of morpholine rings is 1. The van der Waals surface area contributed by atoms with Gasteiger partial charge in [0.25, 0.3) is 15.9 Å². The Morgan fingerprint density at radius 3 is 2.49 bits per heavy atom. The van der Waals surface area contributed by atoms with E-state index >= 15 is 0 Å². The van der Waals surface area contributed by atoms with Crippen LogP contribution in [0, 0.1) is 15.5 Å². The number of sulfonamides is 1. The van der Waals surface area contributed by atoms with E-state index in [4.69, 9.17) is 26.1 Å². The average Bonchev–Trinajstić information content (AvgIpc) is 3.98. The number of H-pyrrole nitrogens is 1. The Morgan fingerprint density at radius 2 is 1.74 bits per heavy atom. The van der Waals surface area contributed by atoms with Crippen molar-refractivity contribution in [1.29, 1.82) is 0 Å². The minimum absolute atomic E-state index is 0.0117. The number of nitrogens with one attached hydrogen (secondary N) is 2. The van der Waals surface area contributed by atoms with Crippen LogP contribution in [-0.4, -0.2) is 120 Å². The largest absolute Gasteiger partial charge is 0.484 e. The number of carbonyl (C=O) groups excluding carboxylic acids is 1. The zero-order valence-corrected chi connectivity index (χ0v) is 39.9. The summed E-state index contributed by atoms with van der Waals surface area (Å²) in [4.78, 5) is 40.6. The number of halogens is 1. The highest BCUT2D eigenvalue weighted by Gasteiger charge is 2.33. The molecule has 3 aromatic carbocycles. The lowest BCUT2D eigenvalue weighted by molar-refractivity contribution is -0.386. The molecule has 3 fully saturated rings. The molecular formula is C50H56ClN9O7S. The Morgan fingerprint density at radius 1 is 0.971 bits per heavy atom. The first-order valence-electron chi connectivity index (χ1n) is 23.5. The molecule has 16 nitrogen and oxygen atoms in total. The molecule has 2 aliphatic heterocycles. The summed E-state index contributed by atoms with van der Waals surface area (Å²) in [6.07, 6.45) is 9.56. The number of benzene rings is 3. The Bertz CT molecular complexity index is 3000. The first-order valence-corrected chi connectivity index (χ1v) is 25.4. The fraction of sp³-hybridized carbons (Fsp3) is 0.420. The number of rotatable bonds is 12. The second-order valence-corrected chi connectivity index (χ2v) is 21.4. The van der Waals surface area contributed by atoms with E-state index in [0.29, 0.717) is 54.5 Å². The standard InChI is InChI=1S/C50H56ClN9O7S/c1-50(2)17-15-35(42(30-50)33-3-5-36(51)6-4-33)32-56-19-21-57(22-20-56)38-9-13-41(44(28-38)59-45-27-34-16-18-52-48(34)54-43(45)31-53-59)49(61)55-68(64,65)40-12-14-47(46(29-40)60(62)63)67-39-10-7-37(8-11-39)58-23-25-66-26-24-58/h3-6,9,12-14,16,18,27-29,31,37,39H,7-8,10-11,15,17,19-26,30,32H2,1-2H3,(H,52,54)(H,55,61)/t37-,39+. The van der Waals surface area contributed by atoms with E-state index in [2.05, 4.69) is 55.5 Å². The van der Waals surface area contributed by atoms with Crippen molar-refractivity contribution in [2.75, 3.05) is 63.9 Å². The molecule has 18 heteroatoms. The van der Waals surface area contributed by atoms with Crippen molar-refractivity contribution in [3.05, 3.63) is 117 Å². The molecule has 2 N–H and O–H groups in total. The number of nitro groups is 1. The third kappa shape index (κ3) is 9.72. The second-order valence-electron chi connectivity index (χ2n) is 19.3. The fourth-order valence-electron chi connectivity index (χ4n) is 10.4. The molecule has 4 aliphatic rings. The van der Waals surface area contributed by atoms with Crippen molar-refractivity contribution in [1.82, 2.24) is 34.3 Å². The molecule has 0 bridgehead atoms. The number of anilines is 1. The molecule has 0 atom stereocenters. The van der Waals surface area contributed by atoms with Crippen molar-refractivity contribution >= 4 is 66.5 Å². The summed E-state index contributed by atoms with van der Waals surface area (Å²) in [5, 5.41) is 18.6. The summed E-state index contributed by atoms with van der Waals surface area (Å²) < 4.78 is 43.4. The quantitative estimate of drug-likeness (QED) is 0.0885. The number of ether oxygens (including phenoxy) is 2. The van der Waals surface area contributed by atoms with Crippen molar-refractivity contribution in [3.8, 4) is 11.4 Å². The predicted molar refractivity (Wildman–Crippen MR) is 262 cm³/mol. The molecular weight excluding hydrogens is 906 g/mol. The van der Waals surface area contributed by atoms with Crippen molar-refractivity contribution in [2.24, 2.45) is 5.41 Å². The first-order chi connectivity index (χ1) is 32.8. The van der Waals surface area contributed by atoms with Gasteiger partial charge in [0.2, 0.25) is 0 Å². The van der Waals surface area contributed by atoms with Crippen LogP contribution in [0.1, 0.15) is 74.7 Å². The van der Waals surface area contributed by atoms with Gasteiger partial charge in [0, 0.05) is 80.2 Å². The van der Waals surface area contributed by atoms with Gasteiger partial charge in [-0.3, -0.25) is 24.7 Å². The molecule has 3 aromatic heterocycles. The Balaban J connectivity index is 0.884. The van der Waals surface area contributed by atoms with Gasteiger partial charge in [0.05, 0.1) is 52.1 Å². The Labute approximate surface area is 400 Å². The number of pyridine rings is 1. The summed E-state index contributed by atoms with van der Waals surface area (Å²) in [5.74, 6) is -0.932. The third-order valence-corrected chi connectivity index (χ3v) is 15.8. The molecule has 356 valence electrons. The lowest BCUT2D eigenvalue weighted by Gasteiger charge is -2.39. The van der Waals surface area contributed by atoms with Gasteiger partial charge in [0.15, 0.2) is 5.75 Å². The maximum Gasteiger partial charge on any atom is 0.312 e. The SMILES string of the molecule is CC1(C)CCC(CN2CCN(c3ccc(C(=O)NS(=O)(=O)c4ccc(O[C@H]5CC[C@@H](N6CCOCC6)CC5)c([N+](=O)[O-])c4)c(-n4ncc5nc6[nH]ccc6cc54)c3)CC2)=C(c2ccc(Cl)cc2)C1. The van der Waals surface area contributed by atoms with Crippen LogP contribution >= 0.6 is 11.6 Å². The van der Waals surface area contributed by atoms with E-state index in [9.17, 15) is 23.3 Å². The molecule has 2 aliphatic carbocycles. The zero-order valence-electron chi connectivity index (χ0n) is 38.3. The molecule has 68 heavy (non-hydrogen) atoms. The monoisotopic (exact) mass is 961 g/mol. The van der Waals surface area contributed by atoms with Gasteiger partial charge in [0.1, 0.15) is 11.2 Å². The van der Waals surface area contributed by atoms with Crippen LogP contribution in [-0.2, 0) is 14.8 Å². The number of aromatic nitrogens is 4. The molecule has 6 aromatic rings. The van der Waals surface area contributed by atoms with Crippen LogP contribution in [0.3, 0.4) is 0 Å². The van der Waals surface area contributed by atoms with Gasteiger partial charge in [-0.15, -0.1) is 0 Å². The van der Waals surface area contributed by atoms with Crippen molar-refractivity contribution < 1.29 is 27.6 Å². The number of nitro benzene ring substituents is 1. The number of fused-ring (bicyclic) bond motifs is 2. The molecule has 1 amide bonds. The van der Waals surface area contributed by atoms with Gasteiger partial charge in [-0.1, -0.05) is 43.2 Å². The van der Waals surface area contributed by atoms with Crippen LogP contribution in [0.4, 0.5) is 11.4 Å². The van der Waals surface area contributed by atoms with Crippen LogP contribution < -0.4 is 14.4 Å². The van der Waals surface area contributed by atoms with Crippen LogP contribution in [0.15, 0.2) is 95.7 Å². The Hall–Kier alpha value is -5.85. The van der Waals surface area contributed by atoms with Crippen LogP contribution in [0.5, 0.6) is 5.75 Å². The normalized spacial score (nSPS) is 20.8. The zero-order chi connectivity index (χ0) is 47.2. The number of hydrogen-bond donors (Lipinski definition) is 2. The minimum atomic E-state index is -4.61. The predicted octanol–water partition coefficient (Wildman–Crippen LogP) is 8.39. The van der Waals surface area contributed by atoms with Gasteiger partial charge in [-0.05, 0) is 116 Å². The van der Waals surface area contributed by atoms with Crippen molar-refractivity contribution in [2.45, 2.75) is 75.8 Å². The average molecular weight is 963 g/mol. The maximum absolute atomic E-state index is 14.3. The smallest absolute Gasteiger partial charge is 0.312 e. The Kier molecular flexibility index (Phi) is 12.8. The highest BCUT2D eigenvalue weighted by molar-refractivity contribution is 7.90. The van der Waals surface area contributed by atoms with E-state index in [-0.39, 0.29) is 22.8 Å². The van der Waals surface area contributed by atoms with E-state index in [0.717, 1.165) is 100 Å². The number of piperazine rings is 1. The highest BCUT2D eigenvalue weighted by Crippen LogP contribution is 2.44. The number of allylic oxidation sites excluding steroid dienone is 1. The van der Waals surface area contributed by atoms with Crippen molar-refractivity contribution in [3.63, 3.8) is 0 Å². The van der Waals surface area contributed by atoms with E-state index < -0.39 is 31.4 Å². The number of amides is 1. The minimum Gasteiger partial charge on any atom is -0.484 e. The van der Waals surface area contributed by atoms with Gasteiger partial charge in [-0.2, -0.15) is 5.10 Å². The summed E-state index contributed by atoms with van der Waals surface area (Å²) in [6, 6.07) is 21.2. The van der Waals surface area contributed by atoms with E-state index in [1.165, 1.54) is 28.8 Å². The molecule has 2 saturated heterocycles. The number of hydrogen-bond acceptors (Lipinski definition) is 12. The molecule has 5 heterocycles.